The van der Waals surface area contributed by atoms with Crippen LogP contribution in [0.1, 0.15) is 0 Å². The van der Waals surface area contributed by atoms with Crippen molar-refractivity contribution in [1.29, 1.82) is 0 Å². The van der Waals surface area contributed by atoms with Crippen LogP contribution < -0.4 is 5.73 Å². The van der Waals surface area contributed by atoms with Gasteiger partial charge in [0.05, 0.1) is 17.6 Å². The number of hydrogen-bond donors (Lipinski definition) is 1. The second-order valence-corrected chi connectivity index (χ2v) is 3.81. The van der Waals surface area contributed by atoms with Gasteiger partial charge in [0.2, 0.25) is 5.95 Å². The van der Waals surface area contributed by atoms with Gasteiger partial charge in [0, 0.05) is 18.0 Å². The molecule has 2 heterocycles. The van der Waals surface area contributed by atoms with Gasteiger partial charge in [-0.1, -0.05) is 18.2 Å². The maximum absolute atomic E-state index is 5.56. The number of aromatic nitrogens is 4. The van der Waals surface area contributed by atoms with E-state index in [-0.39, 0.29) is 5.95 Å². The lowest BCUT2D eigenvalue weighted by Crippen LogP contribution is -1.95. The molecule has 0 spiro atoms. The van der Waals surface area contributed by atoms with Gasteiger partial charge in [-0.05, 0) is 18.2 Å². The highest BCUT2D eigenvalue weighted by molar-refractivity contribution is 5.58. The van der Waals surface area contributed by atoms with E-state index in [0.29, 0.717) is 0 Å². The molecule has 0 radical (unpaired) electrons. The van der Waals surface area contributed by atoms with Gasteiger partial charge in [0.25, 0.3) is 0 Å². The Morgan fingerprint density at radius 1 is 1.06 bits per heavy atom. The van der Waals surface area contributed by atoms with E-state index in [4.69, 9.17) is 5.73 Å². The van der Waals surface area contributed by atoms with Gasteiger partial charge >= 0.3 is 0 Å². The zero-order valence-corrected chi connectivity index (χ0v) is 9.56. The number of hydrogen-bond acceptors (Lipinski definition) is 4. The second kappa shape index (κ2) is 4.29. The number of para-hydroxylation sites is 1. The van der Waals surface area contributed by atoms with Crippen LogP contribution >= 0.6 is 0 Å². The fourth-order valence-corrected chi connectivity index (χ4v) is 1.71. The Morgan fingerprint density at radius 3 is 2.67 bits per heavy atom. The average molecular weight is 237 g/mol. The third-order valence-corrected chi connectivity index (χ3v) is 2.57. The van der Waals surface area contributed by atoms with Crippen LogP contribution in [0.2, 0.25) is 0 Å². The molecule has 2 aromatic heterocycles. The summed E-state index contributed by atoms with van der Waals surface area (Å²) in [6.45, 7) is 0. The summed E-state index contributed by atoms with van der Waals surface area (Å²) in [5.74, 6) is 0.264. The molecule has 3 rings (SSSR count). The number of nitrogens with two attached hydrogens (primary N) is 1. The molecule has 0 aliphatic heterocycles. The van der Waals surface area contributed by atoms with Gasteiger partial charge in [-0.3, -0.25) is 0 Å². The van der Waals surface area contributed by atoms with Crippen molar-refractivity contribution in [3.63, 3.8) is 0 Å². The molecule has 0 bridgehead atoms. The van der Waals surface area contributed by atoms with Crippen molar-refractivity contribution in [1.82, 2.24) is 19.7 Å². The maximum Gasteiger partial charge on any atom is 0.220 e. The summed E-state index contributed by atoms with van der Waals surface area (Å²) in [6, 6.07) is 11.7. The molecule has 5 nitrogen and oxygen atoms in total. The summed E-state index contributed by atoms with van der Waals surface area (Å²) in [6.07, 6.45) is 5.31. The average Bonchev–Trinajstić information content (AvgIpc) is 2.89. The highest BCUT2D eigenvalue weighted by atomic mass is 15.3. The number of nitrogens with zero attached hydrogens (tertiary/aromatic N) is 4. The summed E-state index contributed by atoms with van der Waals surface area (Å²) in [4.78, 5) is 8.03. The Bertz CT molecular complexity index is 660. The SMILES string of the molecule is Nc1nccc(-c2cnn(-c3ccccc3)c2)n1. The molecule has 0 fully saturated rings. The summed E-state index contributed by atoms with van der Waals surface area (Å²) in [5.41, 5.74) is 8.25. The highest BCUT2D eigenvalue weighted by Gasteiger charge is 2.04. The summed E-state index contributed by atoms with van der Waals surface area (Å²) in [5, 5.41) is 4.31. The van der Waals surface area contributed by atoms with Crippen LogP contribution in [0.5, 0.6) is 0 Å². The van der Waals surface area contributed by atoms with Crippen molar-refractivity contribution in [2.24, 2.45) is 0 Å². The number of rotatable bonds is 2. The molecule has 0 amide bonds. The van der Waals surface area contributed by atoms with Crippen LogP contribution in [-0.2, 0) is 0 Å². The maximum atomic E-state index is 5.56. The van der Waals surface area contributed by atoms with E-state index in [0.717, 1.165) is 16.9 Å². The molecule has 18 heavy (non-hydrogen) atoms. The lowest BCUT2D eigenvalue weighted by molar-refractivity contribution is 0.880. The fourth-order valence-electron chi connectivity index (χ4n) is 1.71. The molecule has 88 valence electrons. The molecular weight excluding hydrogens is 226 g/mol. The summed E-state index contributed by atoms with van der Waals surface area (Å²) < 4.78 is 1.80. The van der Waals surface area contributed by atoms with Gasteiger partial charge < -0.3 is 5.73 Å². The lowest BCUT2D eigenvalue weighted by atomic mass is 10.2. The number of nitrogen functional groups attached to an aromatic ring is 1. The van der Waals surface area contributed by atoms with Crippen molar-refractivity contribution >= 4 is 5.95 Å². The Kier molecular flexibility index (Phi) is 2.49. The molecule has 1 aromatic carbocycles. The minimum atomic E-state index is 0.264. The van der Waals surface area contributed by atoms with Crippen molar-refractivity contribution < 1.29 is 0 Å². The van der Waals surface area contributed by atoms with Crippen LogP contribution in [0.15, 0.2) is 55.0 Å². The van der Waals surface area contributed by atoms with E-state index in [9.17, 15) is 0 Å². The van der Waals surface area contributed by atoms with E-state index in [2.05, 4.69) is 15.1 Å². The van der Waals surface area contributed by atoms with E-state index < -0.39 is 0 Å². The van der Waals surface area contributed by atoms with Crippen LogP contribution in [0.25, 0.3) is 16.9 Å². The van der Waals surface area contributed by atoms with Crippen molar-refractivity contribution in [2.45, 2.75) is 0 Å². The highest BCUT2D eigenvalue weighted by Crippen LogP contribution is 2.17. The minimum Gasteiger partial charge on any atom is -0.368 e. The third kappa shape index (κ3) is 1.93. The smallest absolute Gasteiger partial charge is 0.220 e. The zero-order valence-electron chi connectivity index (χ0n) is 9.56. The van der Waals surface area contributed by atoms with Gasteiger partial charge in [0.1, 0.15) is 0 Å². The van der Waals surface area contributed by atoms with E-state index in [1.165, 1.54) is 0 Å². The predicted molar refractivity (Wildman–Crippen MR) is 69.0 cm³/mol. The largest absolute Gasteiger partial charge is 0.368 e. The Hall–Kier alpha value is -2.69. The Balaban J connectivity index is 2.00. The molecular formula is C13H11N5. The fraction of sp³-hybridized carbons (Fsp3) is 0. The van der Waals surface area contributed by atoms with E-state index in [1.807, 2.05) is 42.6 Å². The Morgan fingerprint density at radius 2 is 1.89 bits per heavy atom. The van der Waals surface area contributed by atoms with Crippen LogP contribution in [0.3, 0.4) is 0 Å². The standard InChI is InChI=1S/C13H11N5/c14-13-15-7-6-12(17-13)10-8-16-18(9-10)11-4-2-1-3-5-11/h1-9H,(H2,14,15,17). The van der Waals surface area contributed by atoms with Crippen LogP contribution in [0.4, 0.5) is 5.95 Å². The molecule has 0 saturated heterocycles. The first kappa shape index (κ1) is 10.5. The van der Waals surface area contributed by atoms with E-state index >= 15 is 0 Å². The monoisotopic (exact) mass is 237 g/mol. The van der Waals surface area contributed by atoms with Gasteiger partial charge in [-0.25, -0.2) is 14.6 Å². The molecule has 0 aliphatic rings. The zero-order chi connectivity index (χ0) is 12.4. The van der Waals surface area contributed by atoms with Crippen LogP contribution in [0, 0.1) is 0 Å². The van der Waals surface area contributed by atoms with Crippen molar-refractivity contribution in [3.05, 3.63) is 55.0 Å². The van der Waals surface area contributed by atoms with Crippen molar-refractivity contribution in [2.75, 3.05) is 5.73 Å². The molecule has 0 saturated carbocycles. The third-order valence-electron chi connectivity index (χ3n) is 2.57. The summed E-state index contributed by atoms with van der Waals surface area (Å²) >= 11 is 0. The molecule has 5 heteroatoms. The minimum absolute atomic E-state index is 0.264. The first-order chi connectivity index (χ1) is 8.83. The Labute approximate surface area is 104 Å². The van der Waals surface area contributed by atoms with Gasteiger partial charge in [0.15, 0.2) is 0 Å². The summed E-state index contributed by atoms with van der Waals surface area (Å²) in [7, 11) is 0. The number of benzene rings is 1. The molecule has 2 N–H and O–H groups in total. The first-order valence-corrected chi connectivity index (χ1v) is 5.52. The lowest BCUT2D eigenvalue weighted by Gasteiger charge is -1.99. The van der Waals surface area contributed by atoms with Crippen molar-refractivity contribution in [3.8, 4) is 16.9 Å². The molecule has 0 aliphatic carbocycles. The molecule has 3 aromatic rings. The normalized spacial score (nSPS) is 10.4. The first-order valence-electron chi connectivity index (χ1n) is 5.52. The van der Waals surface area contributed by atoms with E-state index in [1.54, 1.807) is 17.1 Å². The number of anilines is 1. The predicted octanol–water partition coefficient (Wildman–Crippen LogP) is 1.91. The quantitative estimate of drug-likeness (QED) is 0.739. The second-order valence-electron chi connectivity index (χ2n) is 3.81. The van der Waals surface area contributed by atoms with Gasteiger partial charge in [-0.2, -0.15) is 5.10 Å². The van der Waals surface area contributed by atoms with Gasteiger partial charge in [-0.15, -0.1) is 0 Å². The molecule has 0 atom stereocenters. The molecule has 0 unspecified atom stereocenters. The van der Waals surface area contributed by atoms with Crippen LogP contribution in [-0.4, -0.2) is 19.7 Å². The topological polar surface area (TPSA) is 69.6 Å².